The van der Waals surface area contributed by atoms with Crippen molar-refractivity contribution in [1.82, 2.24) is 4.98 Å². The molecule has 3 nitrogen and oxygen atoms in total. The first kappa shape index (κ1) is 15.1. The summed E-state index contributed by atoms with van der Waals surface area (Å²) in [4.78, 5) is 14.9. The summed E-state index contributed by atoms with van der Waals surface area (Å²) >= 11 is 0. The number of benzene rings is 2. The molecule has 1 aromatic heterocycles. The molecular formula is C20H20N2O. The van der Waals surface area contributed by atoms with E-state index in [1.165, 1.54) is 0 Å². The molecular weight excluding hydrogens is 284 g/mol. The zero-order valence-corrected chi connectivity index (χ0v) is 13.4. The smallest absolute Gasteiger partial charge is 0.251 e. The lowest BCUT2D eigenvalue weighted by atomic mass is 10.0. The molecule has 0 saturated heterocycles. The van der Waals surface area contributed by atoms with Gasteiger partial charge in [0.2, 0.25) is 0 Å². The maximum atomic E-state index is 11.9. The van der Waals surface area contributed by atoms with Crippen molar-refractivity contribution >= 4 is 11.4 Å². The number of rotatable bonds is 4. The number of hydrogen-bond donors (Lipinski definition) is 2. The van der Waals surface area contributed by atoms with Gasteiger partial charge >= 0.3 is 0 Å². The van der Waals surface area contributed by atoms with E-state index < -0.39 is 0 Å². The number of aromatic amines is 1. The molecule has 3 rings (SSSR count). The van der Waals surface area contributed by atoms with Gasteiger partial charge in [-0.1, -0.05) is 37.3 Å². The van der Waals surface area contributed by atoms with Crippen LogP contribution >= 0.6 is 0 Å². The molecule has 116 valence electrons. The Morgan fingerprint density at radius 1 is 0.957 bits per heavy atom. The first-order chi connectivity index (χ1) is 11.2. The number of aryl methyl sites for hydroxylation is 2. The quantitative estimate of drug-likeness (QED) is 0.736. The molecule has 0 aliphatic rings. The number of nitrogens with one attached hydrogen (secondary N) is 2. The van der Waals surface area contributed by atoms with Crippen molar-refractivity contribution in [1.29, 1.82) is 0 Å². The Hall–Kier alpha value is -2.81. The Kier molecular flexibility index (Phi) is 4.29. The number of para-hydroxylation sites is 1. The van der Waals surface area contributed by atoms with E-state index >= 15 is 0 Å². The van der Waals surface area contributed by atoms with Crippen molar-refractivity contribution in [3.8, 4) is 11.3 Å². The Morgan fingerprint density at radius 2 is 1.61 bits per heavy atom. The molecule has 3 aromatic rings. The first-order valence-electron chi connectivity index (χ1n) is 7.82. The van der Waals surface area contributed by atoms with Crippen LogP contribution in [0.1, 0.15) is 18.1 Å². The summed E-state index contributed by atoms with van der Waals surface area (Å²) < 4.78 is 0. The van der Waals surface area contributed by atoms with E-state index in [2.05, 4.69) is 17.2 Å². The van der Waals surface area contributed by atoms with Gasteiger partial charge < -0.3 is 10.3 Å². The third-order valence-corrected chi connectivity index (χ3v) is 3.93. The second-order valence-electron chi connectivity index (χ2n) is 5.60. The summed E-state index contributed by atoms with van der Waals surface area (Å²) in [6.07, 6.45) is 0.886. The van der Waals surface area contributed by atoms with Crippen LogP contribution in [0, 0.1) is 6.92 Å². The van der Waals surface area contributed by atoms with Crippen LogP contribution in [0.5, 0.6) is 0 Å². The minimum Gasteiger partial charge on any atom is -0.356 e. The second kappa shape index (κ2) is 6.53. The van der Waals surface area contributed by atoms with Crippen molar-refractivity contribution < 1.29 is 0 Å². The summed E-state index contributed by atoms with van der Waals surface area (Å²) in [5.41, 5.74) is 5.90. The lowest BCUT2D eigenvalue weighted by Crippen LogP contribution is -2.12. The largest absolute Gasteiger partial charge is 0.356 e. The predicted molar refractivity (Wildman–Crippen MR) is 96.3 cm³/mol. The number of H-pyrrole nitrogens is 1. The molecule has 3 heteroatoms. The highest BCUT2D eigenvalue weighted by atomic mass is 16.1. The van der Waals surface area contributed by atoms with E-state index in [0.717, 1.165) is 40.2 Å². The summed E-state index contributed by atoms with van der Waals surface area (Å²) in [5, 5.41) is 3.36. The fourth-order valence-corrected chi connectivity index (χ4v) is 2.64. The van der Waals surface area contributed by atoms with E-state index in [4.69, 9.17) is 0 Å². The molecule has 0 spiro atoms. The maximum absolute atomic E-state index is 11.9. The molecule has 0 aliphatic heterocycles. The average molecular weight is 304 g/mol. The Morgan fingerprint density at radius 3 is 2.26 bits per heavy atom. The van der Waals surface area contributed by atoms with Gasteiger partial charge in [0.05, 0.1) is 5.69 Å². The van der Waals surface area contributed by atoms with Crippen LogP contribution in [-0.2, 0) is 6.42 Å². The SMILES string of the molecule is CCc1cc(C)c(=O)[nH]c1-c1ccc(Nc2ccccc2)cc1. The molecule has 0 amide bonds. The highest BCUT2D eigenvalue weighted by Gasteiger charge is 2.07. The zero-order valence-electron chi connectivity index (χ0n) is 13.4. The topological polar surface area (TPSA) is 44.9 Å². The summed E-state index contributed by atoms with van der Waals surface area (Å²) in [6.45, 7) is 3.94. The lowest BCUT2D eigenvalue weighted by Gasteiger charge is -2.11. The van der Waals surface area contributed by atoms with Gasteiger partial charge in [0, 0.05) is 16.9 Å². The van der Waals surface area contributed by atoms with Gasteiger partial charge in [-0.25, -0.2) is 0 Å². The molecule has 0 bridgehead atoms. The van der Waals surface area contributed by atoms with Crippen molar-refractivity contribution in [2.24, 2.45) is 0 Å². The Bertz CT molecular complexity index is 849. The van der Waals surface area contributed by atoms with Crippen molar-refractivity contribution in [3.63, 3.8) is 0 Å². The van der Waals surface area contributed by atoms with E-state index in [1.807, 2.05) is 67.6 Å². The van der Waals surface area contributed by atoms with Crippen molar-refractivity contribution in [2.45, 2.75) is 20.3 Å². The van der Waals surface area contributed by atoms with Crippen LogP contribution in [0.4, 0.5) is 11.4 Å². The molecule has 0 radical (unpaired) electrons. The highest BCUT2D eigenvalue weighted by Crippen LogP contribution is 2.24. The van der Waals surface area contributed by atoms with Gasteiger partial charge in [-0.15, -0.1) is 0 Å². The Labute approximate surface area is 136 Å². The third kappa shape index (κ3) is 3.34. The predicted octanol–water partition coefficient (Wildman–Crippen LogP) is 4.66. The van der Waals surface area contributed by atoms with Gasteiger partial charge in [0.25, 0.3) is 5.56 Å². The lowest BCUT2D eigenvalue weighted by molar-refractivity contribution is 1.07. The minimum absolute atomic E-state index is 0.0244. The van der Waals surface area contributed by atoms with Crippen LogP contribution in [-0.4, -0.2) is 4.98 Å². The van der Waals surface area contributed by atoms with Crippen LogP contribution in [0.3, 0.4) is 0 Å². The fraction of sp³-hybridized carbons (Fsp3) is 0.150. The van der Waals surface area contributed by atoms with Gasteiger partial charge in [-0.2, -0.15) is 0 Å². The molecule has 0 atom stereocenters. The average Bonchev–Trinajstić information content (AvgIpc) is 2.58. The zero-order chi connectivity index (χ0) is 16.2. The van der Waals surface area contributed by atoms with Crippen LogP contribution < -0.4 is 10.9 Å². The molecule has 2 N–H and O–H groups in total. The van der Waals surface area contributed by atoms with Crippen molar-refractivity contribution in [3.05, 3.63) is 82.1 Å². The van der Waals surface area contributed by atoms with Gasteiger partial charge in [0.15, 0.2) is 0 Å². The molecule has 0 fully saturated rings. The Balaban J connectivity index is 1.91. The summed E-state index contributed by atoms with van der Waals surface area (Å²) in [7, 11) is 0. The second-order valence-corrected chi connectivity index (χ2v) is 5.60. The van der Waals surface area contributed by atoms with Gasteiger partial charge in [-0.3, -0.25) is 4.79 Å². The highest BCUT2D eigenvalue weighted by molar-refractivity contribution is 5.68. The van der Waals surface area contributed by atoms with E-state index in [0.29, 0.717) is 0 Å². The maximum Gasteiger partial charge on any atom is 0.251 e. The van der Waals surface area contributed by atoms with E-state index in [1.54, 1.807) is 0 Å². The van der Waals surface area contributed by atoms with E-state index in [-0.39, 0.29) is 5.56 Å². The molecule has 23 heavy (non-hydrogen) atoms. The monoisotopic (exact) mass is 304 g/mol. The molecule has 0 aliphatic carbocycles. The van der Waals surface area contributed by atoms with Gasteiger partial charge in [-0.05, 0) is 54.8 Å². The normalized spacial score (nSPS) is 10.5. The number of anilines is 2. The number of hydrogen-bond acceptors (Lipinski definition) is 2. The van der Waals surface area contributed by atoms with Crippen LogP contribution in [0.2, 0.25) is 0 Å². The standard InChI is InChI=1S/C20H20N2O/c1-3-15-13-14(2)20(23)22-19(15)16-9-11-18(12-10-16)21-17-7-5-4-6-8-17/h4-13,21H,3H2,1-2H3,(H,22,23). The van der Waals surface area contributed by atoms with Crippen LogP contribution in [0.25, 0.3) is 11.3 Å². The molecule has 1 heterocycles. The third-order valence-electron chi connectivity index (χ3n) is 3.93. The number of pyridine rings is 1. The first-order valence-corrected chi connectivity index (χ1v) is 7.82. The molecule has 2 aromatic carbocycles. The fourth-order valence-electron chi connectivity index (χ4n) is 2.64. The minimum atomic E-state index is -0.0244. The summed E-state index contributed by atoms with van der Waals surface area (Å²) in [6, 6.07) is 20.2. The number of aromatic nitrogens is 1. The van der Waals surface area contributed by atoms with Crippen molar-refractivity contribution in [2.75, 3.05) is 5.32 Å². The van der Waals surface area contributed by atoms with Crippen LogP contribution in [0.15, 0.2) is 65.5 Å². The van der Waals surface area contributed by atoms with E-state index in [9.17, 15) is 4.79 Å². The summed E-state index contributed by atoms with van der Waals surface area (Å²) in [5.74, 6) is 0. The molecule has 0 unspecified atom stereocenters. The molecule has 0 saturated carbocycles. The van der Waals surface area contributed by atoms with Gasteiger partial charge in [0.1, 0.15) is 0 Å².